The van der Waals surface area contributed by atoms with Crippen molar-refractivity contribution in [2.24, 2.45) is 0 Å². The summed E-state index contributed by atoms with van der Waals surface area (Å²) in [6, 6.07) is 0.104. The van der Waals surface area contributed by atoms with Gasteiger partial charge in [-0.15, -0.1) is 0 Å². The van der Waals surface area contributed by atoms with Gasteiger partial charge in [-0.25, -0.2) is 9.97 Å². The minimum atomic E-state index is -0.670. The molecule has 2 saturated heterocycles. The van der Waals surface area contributed by atoms with E-state index < -0.39 is 5.97 Å². The number of carbonyl (C=O) groups is 1. The molecule has 0 aliphatic carbocycles. The quantitative estimate of drug-likeness (QED) is 0.905. The van der Waals surface area contributed by atoms with Crippen LogP contribution in [0.4, 0.5) is 5.95 Å². The maximum Gasteiger partial charge on any atom is 0.320 e. The Morgan fingerprint density at radius 3 is 2.48 bits per heavy atom. The zero-order chi connectivity index (χ0) is 14.8. The number of aliphatic carboxylic acids is 1. The Morgan fingerprint density at radius 1 is 1.19 bits per heavy atom. The summed E-state index contributed by atoms with van der Waals surface area (Å²) in [6.07, 6.45) is 7.45. The van der Waals surface area contributed by atoms with Gasteiger partial charge in [0.05, 0.1) is 0 Å². The zero-order valence-electron chi connectivity index (χ0n) is 12.4. The van der Waals surface area contributed by atoms with Crippen LogP contribution in [0.3, 0.4) is 0 Å². The van der Waals surface area contributed by atoms with Gasteiger partial charge in [-0.3, -0.25) is 9.69 Å². The molecular weight excluding hydrogens is 268 g/mol. The summed E-state index contributed by atoms with van der Waals surface area (Å²) >= 11 is 0. The molecule has 2 aliphatic rings. The van der Waals surface area contributed by atoms with E-state index in [1.165, 1.54) is 0 Å². The van der Waals surface area contributed by atoms with Crippen molar-refractivity contribution in [3.05, 3.63) is 18.0 Å². The maximum atomic E-state index is 11.3. The van der Waals surface area contributed by atoms with E-state index in [4.69, 9.17) is 0 Å². The van der Waals surface area contributed by atoms with Crippen LogP contribution in [0.5, 0.6) is 0 Å². The Balaban J connectivity index is 1.60. The topological polar surface area (TPSA) is 69.6 Å². The first kappa shape index (κ1) is 14.3. The number of carboxylic acids is 1. The summed E-state index contributed by atoms with van der Waals surface area (Å²) in [7, 11) is 0. The van der Waals surface area contributed by atoms with Crippen molar-refractivity contribution in [1.82, 2.24) is 14.9 Å². The predicted molar refractivity (Wildman–Crippen MR) is 79.4 cm³/mol. The summed E-state index contributed by atoms with van der Waals surface area (Å²) < 4.78 is 0. The van der Waals surface area contributed by atoms with Gasteiger partial charge in [-0.2, -0.15) is 0 Å². The van der Waals surface area contributed by atoms with E-state index in [-0.39, 0.29) is 6.04 Å². The highest BCUT2D eigenvalue weighted by molar-refractivity contribution is 5.73. The van der Waals surface area contributed by atoms with Gasteiger partial charge in [-0.1, -0.05) is 0 Å². The first-order chi connectivity index (χ1) is 10.1. The Labute approximate surface area is 124 Å². The number of aryl methyl sites for hydroxylation is 1. The van der Waals surface area contributed by atoms with Crippen LogP contribution in [0.25, 0.3) is 0 Å². The van der Waals surface area contributed by atoms with Crippen LogP contribution in [-0.4, -0.2) is 57.7 Å². The number of rotatable bonds is 3. The van der Waals surface area contributed by atoms with Crippen LogP contribution in [0, 0.1) is 6.92 Å². The molecule has 6 nitrogen and oxygen atoms in total. The van der Waals surface area contributed by atoms with Gasteiger partial charge in [0.25, 0.3) is 0 Å². The molecule has 2 fully saturated rings. The van der Waals surface area contributed by atoms with Crippen LogP contribution < -0.4 is 4.90 Å². The van der Waals surface area contributed by atoms with Crippen LogP contribution in [0.2, 0.25) is 0 Å². The highest BCUT2D eigenvalue weighted by Crippen LogP contribution is 2.27. The molecule has 0 radical (unpaired) electrons. The zero-order valence-corrected chi connectivity index (χ0v) is 12.4. The fourth-order valence-corrected chi connectivity index (χ4v) is 3.44. The normalized spacial score (nSPS) is 24.4. The minimum absolute atomic E-state index is 0.280. The molecule has 3 rings (SSSR count). The van der Waals surface area contributed by atoms with Crippen molar-refractivity contribution in [1.29, 1.82) is 0 Å². The third kappa shape index (κ3) is 3.00. The molecule has 21 heavy (non-hydrogen) atoms. The largest absolute Gasteiger partial charge is 0.480 e. The predicted octanol–water partition coefficient (Wildman–Crippen LogP) is 1.30. The van der Waals surface area contributed by atoms with Gasteiger partial charge < -0.3 is 10.0 Å². The second kappa shape index (κ2) is 5.97. The van der Waals surface area contributed by atoms with E-state index in [1.807, 2.05) is 19.3 Å². The number of nitrogens with zero attached hydrogens (tertiary/aromatic N) is 4. The van der Waals surface area contributed by atoms with E-state index in [2.05, 4.69) is 19.8 Å². The second-order valence-corrected chi connectivity index (χ2v) is 6.01. The van der Waals surface area contributed by atoms with Crippen molar-refractivity contribution >= 4 is 11.9 Å². The number of anilines is 1. The summed E-state index contributed by atoms with van der Waals surface area (Å²) in [4.78, 5) is 24.4. The first-order valence-electron chi connectivity index (χ1n) is 7.67. The third-order valence-electron chi connectivity index (χ3n) is 4.56. The monoisotopic (exact) mass is 290 g/mol. The van der Waals surface area contributed by atoms with Crippen LogP contribution in [-0.2, 0) is 4.79 Å². The van der Waals surface area contributed by atoms with E-state index in [1.54, 1.807) is 0 Å². The summed E-state index contributed by atoms with van der Waals surface area (Å²) in [6.45, 7) is 4.70. The highest BCUT2D eigenvalue weighted by atomic mass is 16.4. The second-order valence-electron chi connectivity index (χ2n) is 6.01. The lowest BCUT2D eigenvalue weighted by molar-refractivity contribution is -0.143. The average Bonchev–Trinajstić information content (AvgIpc) is 2.98. The number of hydrogen-bond acceptors (Lipinski definition) is 5. The van der Waals surface area contributed by atoms with Crippen molar-refractivity contribution in [3.63, 3.8) is 0 Å². The van der Waals surface area contributed by atoms with Gasteiger partial charge in [0.2, 0.25) is 5.95 Å². The third-order valence-corrected chi connectivity index (χ3v) is 4.56. The number of piperidine rings is 1. The number of likely N-dealkylation sites (tertiary alicyclic amines) is 1. The van der Waals surface area contributed by atoms with E-state index in [0.717, 1.165) is 56.8 Å². The molecule has 1 unspecified atom stereocenters. The van der Waals surface area contributed by atoms with Crippen LogP contribution in [0.1, 0.15) is 31.2 Å². The number of carboxylic acid groups (broad SMARTS) is 1. The van der Waals surface area contributed by atoms with Crippen molar-refractivity contribution < 1.29 is 9.90 Å². The van der Waals surface area contributed by atoms with Gasteiger partial charge in [0.1, 0.15) is 6.04 Å². The number of aromatic nitrogens is 2. The summed E-state index contributed by atoms with van der Waals surface area (Å²) in [5.41, 5.74) is 1.06. The summed E-state index contributed by atoms with van der Waals surface area (Å²) in [5.74, 6) is 0.118. The maximum absolute atomic E-state index is 11.3. The van der Waals surface area contributed by atoms with Crippen molar-refractivity contribution in [2.45, 2.75) is 44.7 Å². The molecule has 1 atom stereocenters. The Hall–Kier alpha value is -1.69. The molecule has 0 bridgehead atoms. The molecular formula is C15H22N4O2. The minimum Gasteiger partial charge on any atom is -0.480 e. The van der Waals surface area contributed by atoms with Crippen LogP contribution >= 0.6 is 0 Å². The highest BCUT2D eigenvalue weighted by Gasteiger charge is 2.36. The fourth-order valence-electron chi connectivity index (χ4n) is 3.44. The molecule has 0 aromatic carbocycles. The van der Waals surface area contributed by atoms with Gasteiger partial charge in [-0.05, 0) is 44.7 Å². The van der Waals surface area contributed by atoms with Gasteiger partial charge in [0, 0.05) is 31.5 Å². The molecule has 6 heteroatoms. The Bertz CT molecular complexity index is 497. The van der Waals surface area contributed by atoms with E-state index >= 15 is 0 Å². The molecule has 114 valence electrons. The molecule has 1 aromatic rings. The molecule has 1 aromatic heterocycles. The molecule has 1 N–H and O–H groups in total. The first-order valence-corrected chi connectivity index (χ1v) is 7.67. The molecule has 0 amide bonds. The smallest absolute Gasteiger partial charge is 0.320 e. The molecule has 0 saturated carbocycles. The lowest BCUT2D eigenvalue weighted by Gasteiger charge is -2.38. The van der Waals surface area contributed by atoms with Gasteiger partial charge >= 0.3 is 5.97 Å². The molecule has 3 heterocycles. The Kier molecular flexibility index (Phi) is 4.05. The number of hydrogen-bond donors (Lipinski definition) is 1. The lowest BCUT2D eigenvalue weighted by atomic mass is 10.0. The summed E-state index contributed by atoms with van der Waals surface area (Å²) in [5, 5.41) is 9.30. The SMILES string of the molecule is Cc1cnc(N2CCC(N3CCCC3C(=O)O)CC2)nc1. The van der Waals surface area contributed by atoms with E-state index in [0.29, 0.717) is 6.04 Å². The van der Waals surface area contributed by atoms with Crippen molar-refractivity contribution in [2.75, 3.05) is 24.5 Å². The Morgan fingerprint density at radius 2 is 1.86 bits per heavy atom. The van der Waals surface area contributed by atoms with Crippen LogP contribution in [0.15, 0.2) is 12.4 Å². The van der Waals surface area contributed by atoms with Crippen molar-refractivity contribution in [3.8, 4) is 0 Å². The fraction of sp³-hybridized carbons (Fsp3) is 0.667. The van der Waals surface area contributed by atoms with E-state index in [9.17, 15) is 9.90 Å². The molecule has 2 aliphatic heterocycles. The lowest BCUT2D eigenvalue weighted by Crippen LogP contribution is -2.49. The standard InChI is InChI=1S/C15H22N4O2/c1-11-9-16-15(17-10-11)18-7-4-12(5-8-18)19-6-2-3-13(19)14(20)21/h9-10,12-13H,2-8H2,1H3,(H,20,21). The van der Waals surface area contributed by atoms with Gasteiger partial charge in [0.15, 0.2) is 0 Å². The molecule has 0 spiro atoms. The average molecular weight is 290 g/mol.